The molecule has 0 radical (unpaired) electrons. The molecule has 0 aliphatic carbocycles. The maximum Gasteiger partial charge on any atom is 0.394 e. The number of amides is 1. The molecule has 0 saturated heterocycles. The summed E-state index contributed by atoms with van der Waals surface area (Å²) < 4.78 is 10.2. The van der Waals surface area contributed by atoms with E-state index in [4.69, 9.17) is 14.6 Å². The van der Waals surface area contributed by atoms with Crippen molar-refractivity contribution < 1.29 is 24.2 Å². The van der Waals surface area contributed by atoms with Gasteiger partial charge in [-0.1, -0.05) is 0 Å². The SMILES string of the molecule is COc1cc(C)c(N(C)C(=O)C(=O)O)c(OC)c1. The number of likely N-dealkylation sites (N-methyl/N-ethyl adjacent to an activating group) is 1. The lowest BCUT2D eigenvalue weighted by atomic mass is 10.1. The Bertz CT molecular complexity index is 484. The Balaban J connectivity index is 3.31. The van der Waals surface area contributed by atoms with Crippen LogP contribution >= 0.6 is 0 Å². The molecule has 6 nitrogen and oxygen atoms in total. The van der Waals surface area contributed by atoms with Crippen molar-refractivity contribution in [1.29, 1.82) is 0 Å². The van der Waals surface area contributed by atoms with Crippen molar-refractivity contribution in [3.05, 3.63) is 17.7 Å². The molecule has 0 spiro atoms. The Morgan fingerprint density at radius 2 is 1.83 bits per heavy atom. The van der Waals surface area contributed by atoms with E-state index >= 15 is 0 Å². The first kappa shape index (κ1) is 13.8. The highest BCUT2D eigenvalue weighted by molar-refractivity contribution is 6.37. The summed E-state index contributed by atoms with van der Waals surface area (Å²) in [5.41, 5.74) is 1.09. The lowest BCUT2D eigenvalue weighted by Crippen LogP contribution is -2.33. The third-order valence-corrected chi connectivity index (χ3v) is 2.52. The average molecular weight is 253 g/mol. The number of carboxylic acid groups (broad SMARTS) is 1. The highest BCUT2D eigenvalue weighted by Gasteiger charge is 2.23. The zero-order valence-electron chi connectivity index (χ0n) is 10.7. The molecule has 0 heterocycles. The predicted octanol–water partition coefficient (Wildman–Crippen LogP) is 1.06. The van der Waals surface area contributed by atoms with Gasteiger partial charge in [0.25, 0.3) is 0 Å². The van der Waals surface area contributed by atoms with E-state index < -0.39 is 11.9 Å². The van der Waals surface area contributed by atoms with E-state index in [-0.39, 0.29) is 0 Å². The Kier molecular flexibility index (Phi) is 4.14. The number of ether oxygens (including phenoxy) is 2. The zero-order valence-corrected chi connectivity index (χ0v) is 10.7. The van der Waals surface area contributed by atoms with Gasteiger partial charge in [0.15, 0.2) is 0 Å². The number of hydrogen-bond donors (Lipinski definition) is 1. The maximum atomic E-state index is 11.5. The molecule has 0 saturated carbocycles. The number of nitrogens with zero attached hydrogens (tertiary/aromatic N) is 1. The van der Waals surface area contributed by atoms with Gasteiger partial charge in [-0.25, -0.2) is 4.79 Å². The van der Waals surface area contributed by atoms with E-state index in [2.05, 4.69) is 0 Å². The Morgan fingerprint density at radius 3 is 2.28 bits per heavy atom. The number of methoxy groups -OCH3 is 2. The van der Waals surface area contributed by atoms with E-state index in [1.807, 2.05) is 0 Å². The second kappa shape index (κ2) is 5.39. The minimum atomic E-state index is -1.52. The summed E-state index contributed by atoms with van der Waals surface area (Å²) in [6.45, 7) is 1.74. The number of aliphatic carboxylic acids is 1. The summed E-state index contributed by atoms with van der Waals surface area (Å²) in [6, 6.07) is 3.29. The van der Waals surface area contributed by atoms with Crippen LogP contribution in [-0.2, 0) is 9.59 Å². The van der Waals surface area contributed by atoms with Gasteiger partial charge in [0.05, 0.1) is 19.9 Å². The van der Waals surface area contributed by atoms with E-state index in [1.165, 1.54) is 21.3 Å². The van der Waals surface area contributed by atoms with Crippen LogP contribution in [0, 0.1) is 6.92 Å². The second-order valence-electron chi connectivity index (χ2n) is 3.66. The molecular weight excluding hydrogens is 238 g/mol. The molecule has 0 unspecified atom stereocenters. The molecule has 0 fully saturated rings. The Labute approximate surface area is 105 Å². The van der Waals surface area contributed by atoms with Gasteiger partial charge >= 0.3 is 11.9 Å². The minimum Gasteiger partial charge on any atom is -0.497 e. The molecule has 0 aromatic heterocycles. The highest BCUT2D eigenvalue weighted by atomic mass is 16.5. The first-order valence-electron chi connectivity index (χ1n) is 5.16. The van der Waals surface area contributed by atoms with Gasteiger partial charge in [0.2, 0.25) is 0 Å². The van der Waals surface area contributed by atoms with Gasteiger partial charge in [-0.2, -0.15) is 0 Å². The molecule has 6 heteroatoms. The van der Waals surface area contributed by atoms with Crippen LogP contribution in [-0.4, -0.2) is 38.3 Å². The van der Waals surface area contributed by atoms with Crippen molar-refractivity contribution in [3.63, 3.8) is 0 Å². The molecular formula is C12H15NO5. The van der Waals surface area contributed by atoms with Crippen LogP contribution < -0.4 is 14.4 Å². The lowest BCUT2D eigenvalue weighted by molar-refractivity contribution is -0.148. The van der Waals surface area contributed by atoms with Crippen molar-refractivity contribution >= 4 is 17.6 Å². The number of rotatable bonds is 3. The minimum absolute atomic E-state index is 0.379. The van der Waals surface area contributed by atoms with E-state index in [0.29, 0.717) is 22.7 Å². The van der Waals surface area contributed by atoms with Crippen molar-refractivity contribution in [1.82, 2.24) is 0 Å². The van der Waals surface area contributed by atoms with Crippen LogP contribution in [0.1, 0.15) is 5.56 Å². The van der Waals surface area contributed by atoms with Crippen LogP contribution in [0.5, 0.6) is 11.5 Å². The van der Waals surface area contributed by atoms with Crippen molar-refractivity contribution in [2.45, 2.75) is 6.92 Å². The standard InChI is InChI=1S/C12H15NO5/c1-7-5-8(17-3)6-9(18-4)10(7)13(2)11(14)12(15)16/h5-6H,1-4H3,(H,15,16). The fourth-order valence-electron chi connectivity index (χ4n) is 1.66. The third-order valence-electron chi connectivity index (χ3n) is 2.52. The topological polar surface area (TPSA) is 76.1 Å². The van der Waals surface area contributed by atoms with Gasteiger partial charge in [-0.05, 0) is 18.6 Å². The van der Waals surface area contributed by atoms with E-state index in [1.54, 1.807) is 19.1 Å². The number of carboxylic acids is 1. The van der Waals surface area contributed by atoms with Crippen LogP contribution in [0.25, 0.3) is 0 Å². The molecule has 1 rings (SSSR count). The fraction of sp³-hybridized carbons (Fsp3) is 0.333. The molecule has 0 aliphatic rings. The molecule has 1 N–H and O–H groups in total. The van der Waals surface area contributed by atoms with Crippen molar-refractivity contribution in [2.75, 3.05) is 26.2 Å². The number of aryl methyl sites for hydroxylation is 1. The number of hydrogen-bond acceptors (Lipinski definition) is 4. The van der Waals surface area contributed by atoms with E-state index in [0.717, 1.165) is 4.90 Å². The quantitative estimate of drug-likeness (QED) is 0.815. The number of carbonyl (C=O) groups is 2. The van der Waals surface area contributed by atoms with Gasteiger partial charge in [-0.3, -0.25) is 4.79 Å². The molecule has 0 bridgehead atoms. The van der Waals surface area contributed by atoms with Crippen LogP contribution in [0.4, 0.5) is 5.69 Å². The largest absolute Gasteiger partial charge is 0.497 e. The first-order chi connectivity index (χ1) is 8.42. The van der Waals surface area contributed by atoms with Crippen LogP contribution in [0.2, 0.25) is 0 Å². The summed E-state index contributed by atoms with van der Waals surface area (Å²) in [4.78, 5) is 23.2. The number of benzene rings is 1. The van der Waals surface area contributed by atoms with Crippen LogP contribution in [0.3, 0.4) is 0 Å². The van der Waals surface area contributed by atoms with Gasteiger partial charge in [0.1, 0.15) is 11.5 Å². The summed E-state index contributed by atoms with van der Waals surface area (Å²) in [6.07, 6.45) is 0. The van der Waals surface area contributed by atoms with Gasteiger partial charge < -0.3 is 19.5 Å². The van der Waals surface area contributed by atoms with Crippen LogP contribution in [0.15, 0.2) is 12.1 Å². The maximum absolute atomic E-state index is 11.5. The zero-order chi connectivity index (χ0) is 13.9. The fourth-order valence-corrected chi connectivity index (χ4v) is 1.66. The molecule has 98 valence electrons. The smallest absolute Gasteiger partial charge is 0.394 e. The average Bonchev–Trinajstić information content (AvgIpc) is 2.35. The molecule has 0 aliphatic heterocycles. The number of anilines is 1. The molecule has 18 heavy (non-hydrogen) atoms. The molecule has 0 atom stereocenters. The summed E-state index contributed by atoms with van der Waals surface area (Å²) in [5, 5.41) is 8.71. The van der Waals surface area contributed by atoms with Crippen molar-refractivity contribution in [3.8, 4) is 11.5 Å². The first-order valence-corrected chi connectivity index (χ1v) is 5.16. The summed E-state index contributed by atoms with van der Waals surface area (Å²) in [5.74, 6) is -1.59. The molecule has 1 amide bonds. The highest BCUT2D eigenvalue weighted by Crippen LogP contribution is 2.35. The predicted molar refractivity (Wildman–Crippen MR) is 65.3 cm³/mol. The lowest BCUT2D eigenvalue weighted by Gasteiger charge is -2.21. The normalized spacial score (nSPS) is 9.78. The van der Waals surface area contributed by atoms with Gasteiger partial charge in [-0.15, -0.1) is 0 Å². The molecule has 1 aromatic rings. The Hall–Kier alpha value is -2.24. The second-order valence-corrected chi connectivity index (χ2v) is 3.66. The van der Waals surface area contributed by atoms with Gasteiger partial charge in [0, 0.05) is 13.1 Å². The Morgan fingerprint density at radius 1 is 1.22 bits per heavy atom. The summed E-state index contributed by atoms with van der Waals surface area (Å²) in [7, 11) is 4.34. The monoisotopic (exact) mass is 253 g/mol. The number of carbonyl (C=O) groups excluding carboxylic acids is 1. The van der Waals surface area contributed by atoms with E-state index in [9.17, 15) is 9.59 Å². The molecule has 1 aromatic carbocycles. The van der Waals surface area contributed by atoms with Crippen molar-refractivity contribution in [2.24, 2.45) is 0 Å². The third kappa shape index (κ3) is 2.53. The summed E-state index contributed by atoms with van der Waals surface area (Å²) >= 11 is 0.